The van der Waals surface area contributed by atoms with E-state index >= 15 is 0 Å². The van der Waals surface area contributed by atoms with Crippen molar-refractivity contribution in [2.45, 2.75) is 18.6 Å². The Labute approximate surface area is 120 Å². The Morgan fingerprint density at radius 2 is 2.38 bits per heavy atom. The second-order valence-electron chi connectivity index (χ2n) is 5.21. The van der Waals surface area contributed by atoms with Crippen LogP contribution in [0.1, 0.15) is 16.8 Å². The molecule has 112 valence electrons. The predicted molar refractivity (Wildman–Crippen MR) is 74.7 cm³/mol. The molecule has 1 aliphatic rings. The molecule has 1 aliphatic heterocycles. The van der Waals surface area contributed by atoms with E-state index in [-0.39, 0.29) is 11.3 Å². The summed E-state index contributed by atoms with van der Waals surface area (Å²) in [5, 5.41) is 9.19. The van der Waals surface area contributed by atoms with E-state index in [1.54, 1.807) is 19.2 Å². The van der Waals surface area contributed by atoms with Crippen molar-refractivity contribution in [1.29, 1.82) is 0 Å². The van der Waals surface area contributed by atoms with E-state index in [0.29, 0.717) is 37.2 Å². The van der Waals surface area contributed by atoms with Crippen LogP contribution in [0.5, 0.6) is 0 Å². The Bertz CT molecular complexity index is 739. The number of hydrogen-bond donors (Lipinski definition) is 2. The van der Waals surface area contributed by atoms with Gasteiger partial charge in [0.05, 0.1) is 29.7 Å². The average Bonchev–Trinajstić information content (AvgIpc) is 3.05. The molecular formula is C14H16N2O5. The normalized spacial score (nSPS) is 22.0. The standard InChI is InChI=1S/C14H16N2O5/c1-20-14(5-6-21-8-14)7-16-10-4-2-3-9(12(17)18)11(10)15-13(16)19/h2-4H,5-8H2,1H3,(H,15,19)(H,17,18). The van der Waals surface area contributed by atoms with Crippen LogP contribution in [0.2, 0.25) is 0 Å². The lowest BCUT2D eigenvalue weighted by atomic mass is 10.0. The van der Waals surface area contributed by atoms with Crippen molar-refractivity contribution in [1.82, 2.24) is 9.55 Å². The zero-order valence-electron chi connectivity index (χ0n) is 11.6. The zero-order chi connectivity index (χ0) is 15.0. The number of aromatic nitrogens is 2. The number of para-hydroxylation sites is 1. The first-order chi connectivity index (χ1) is 10.1. The van der Waals surface area contributed by atoms with Gasteiger partial charge in [0.25, 0.3) is 0 Å². The van der Waals surface area contributed by atoms with Gasteiger partial charge in [0.15, 0.2) is 0 Å². The number of aromatic amines is 1. The number of nitrogens with zero attached hydrogens (tertiary/aromatic N) is 1. The van der Waals surface area contributed by atoms with Gasteiger partial charge in [0.1, 0.15) is 5.60 Å². The van der Waals surface area contributed by atoms with Crippen molar-refractivity contribution >= 4 is 17.0 Å². The number of fused-ring (bicyclic) bond motifs is 1. The van der Waals surface area contributed by atoms with Crippen molar-refractivity contribution in [3.05, 3.63) is 34.2 Å². The molecule has 0 saturated carbocycles. The third-order valence-corrected chi connectivity index (χ3v) is 3.99. The van der Waals surface area contributed by atoms with E-state index in [1.807, 2.05) is 0 Å². The van der Waals surface area contributed by atoms with Crippen LogP contribution in [-0.2, 0) is 16.0 Å². The summed E-state index contributed by atoms with van der Waals surface area (Å²) < 4.78 is 12.4. The Morgan fingerprint density at radius 1 is 1.57 bits per heavy atom. The molecule has 2 N–H and O–H groups in total. The molecule has 1 aromatic heterocycles. The molecule has 0 aliphatic carbocycles. The summed E-state index contributed by atoms with van der Waals surface area (Å²) in [6.07, 6.45) is 0.696. The van der Waals surface area contributed by atoms with Crippen molar-refractivity contribution < 1.29 is 19.4 Å². The van der Waals surface area contributed by atoms with Gasteiger partial charge >= 0.3 is 11.7 Å². The minimum Gasteiger partial charge on any atom is -0.478 e. The summed E-state index contributed by atoms with van der Waals surface area (Å²) in [5.41, 5.74) is 0.0842. The van der Waals surface area contributed by atoms with Gasteiger partial charge in [0, 0.05) is 20.1 Å². The number of hydrogen-bond acceptors (Lipinski definition) is 4. The maximum Gasteiger partial charge on any atom is 0.337 e. The van der Waals surface area contributed by atoms with E-state index in [9.17, 15) is 14.7 Å². The number of aromatic carboxylic acids is 1. The Kier molecular flexibility index (Phi) is 3.30. The van der Waals surface area contributed by atoms with Crippen molar-refractivity contribution in [3.8, 4) is 0 Å². The Balaban J connectivity index is 2.11. The van der Waals surface area contributed by atoms with Gasteiger partial charge in [-0.15, -0.1) is 0 Å². The van der Waals surface area contributed by atoms with Crippen LogP contribution in [0.25, 0.3) is 11.0 Å². The van der Waals surface area contributed by atoms with Gasteiger partial charge in [0.2, 0.25) is 0 Å². The number of rotatable bonds is 4. The maximum atomic E-state index is 12.2. The number of carboxylic acid groups (broad SMARTS) is 1. The van der Waals surface area contributed by atoms with Gasteiger partial charge in [-0.25, -0.2) is 9.59 Å². The monoisotopic (exact) mass is 292 g/mol. The molecule has 0 spiro atoms. The van der Waals surface area contributed by atoms with E-state index in [4.69, 9.17) is 9.47 Å². The maximum absolute atomic E-state index is 12.2. The zero-order valence-corrected chi connectivity index (χ0v) is 11.6. The molecule has 7 heteroatoms. The molecule has 7 nitrogen and oxygen atoms in total. The summed E-state index contributed by atoms with van der Waals surface area (Å²) in [6, 6.07) is 4.81. The van der Waals surface area contributed by atoms with Gasteiger partial charge in [-0.3, -0.25) is 4.57 Å². The third kappa shape index (κ3) is 2.24. The molecule has 21 heavy (non-hydrogen) atoms. The number of nitrogens with one attached hydrogen (secondary N) is 1. The van der Waals surface area contributed by atoms with Crippen molar-refractivity contribution in [2.24, 2.45) is 0 Å². The highest BCUT2D eigenvalue weighted by molar-refractivity contribution is 6.00. The smallest absolute Gasteiger partial charge is 0.337 e. The number of imidazole rings is 1. The number of carbonyl (C=O) groups is 1. The molecule has 0 radical (unpaired) electrons. The van der Waals surface area contributed by atoms with Gasteiger partial charge in [-0.1, -0.05) is 6.07 Å². The van der Waals surface area contributed by atoms with Crippen LogP contribution in [0.3, 0.4) is 0 Å². The van der Waals surface area contributed by atoms with E-state index in [1.165, 1.54) is 10.6 Å². The highest BCUT2D eigenvalue weighted by Crippen LogP contribution is 2.26. The third-order valence-electron chi connectivity index (χ3n) is 3.99. The summed E-state index contributed by atoms with van der Waals surface area (Å²) in [7, 11) is 1.59. The summed E-state index contributed by atoms with van der Waals surface area (Å²) >= 11 is 0. The molecule has 0 amide bonds. The second kappa shape index (κ2) is 5.01. The highest BCUT2D eigenvalue weighted by atomic mass is 16.5. The molecular weight excluding hydrogens is 276 g/mol. The topological polar surface area (TPSA) is 93.6 Å². The lowest BCUT2D eigenvalue weighted by molar-refractivity contribution is -0.0293. The molecule has 0 bridgehead atoms. The fraction of sp³-hybridized carbons (Fsp3) is 0.429. The number of methoxy groups -OCH3 is 1. The lowest BCUT2D eigenvalue weighted by Gasteiger charge is -2.25. The number of benzene rings is 1. The molecule has 1 unspecified atom stereocenters. The van der Waals surface area contributed by atoms with Crippen LogP contribution in [-0.4, -0.2) is 46.6 Å². The molecule has 2 aromatic rings. The SMILES string of the molecule is COC1(Cn2c(=O)[nH]c3c(C(=O)O)cccc32)CCOC1. The van der Waals surface area contributed by atoms with Gasteiger partial charge in [-0.05, 0) is 12.1 Å². The molecule has 1 atom stereocenters. The van der Waals surface area contributed by atoms with Crippen LogP contribution < -0.4 is 5.69 Å². The fourth-order valence-corrected chi connectivity index (χ4v) is 2.74. The van der Waals surface area contributed by atoms with E-state index in [2.05, 4.69) is 4.98 Å². The lowest BCUT2D eigenvalue weighted by Crippen LogP contribution is -2.39. The van der Waals surface area contributed by atoms with Crippen molar-refractivity contribution in [2.75, 3.05) is 20.3 Å². The molecule has 1 aromatic carbocycles. The fourth-order valence-electron chi connectivity index (χ4n) is 2.74. The van der Waals surface area contributed by atoms with Gasteiger partial charge < -0.3 is 19.6 Å². The highest BCUT2D eigenvalue weighted by Gasteiger charge is 2.36. The largest absolute Gasteiger partial charge is 0.478 e. The minimum absolute atomic E-state index is 0.0810. The average molecular weight is 292 g/mol. The quantitative estimate of drug-likeness (QED) is 0.870. The Morgan fingerprint density at radius 3 is 3.00 bits per heavy atom. The van der Waals surface area contributed by atoms with Crippen LogP contribution in [0, 0.1) is 0 Å². The van der Waals surface area contributed by atoms with E-state index in [0.717, 1.165) is 0 Å². The number of carboxylic acids is 1. The van der Waals surface area contributed by atoms with Crippen LogP contribution >= 0.6 is 0 Å². The predicted octanol–water partition coefficient (Wildman–Crippen LogP) is 0.833. The summed E-state index contributed by atoms with van der Waals surface area (Å²) in [5.74, 6) is -1.07. The van der Waals surface area contributed by atoms with Gasteiger partial charge in [-0.2, -0.15) is 0 Å². The van der Waals surface area contributed by atoms with Crippen LogP contribution in [0.4, 0.5) is 0 Å². The van der Waals surface area contributed by atoms with Crippen LogP contribution in [0.15, 0.2) is 23.0 Å². The second-order valence-corrected chi connectivity index (χ2v) is 5.21. The molecule has 2 heterocycles. The first-order valence-electron chi connectivity index (χ1n) is 6.64. The number of ether oxygens (including phenoxy) is 2. The molecule has 3 rings (SSSR count). The molecule has 1 fully saturated rings. The summed E-state index contributed by atoms with van der Waals surface area (Å²) in [4.78, 5) is 26.0. The van der Waals surface area contributed by atoms with E-state index < -0.39 is 11.6 Å². The Hall–Kier alpha value is -2.12. The minimum atomic E-state index is -1.07. The molecule has 1 saturated heterocycles. The first kappa shape index (κ1) is 13.8. The first-order valence-corrected chi connectivity index (χ1v) is 6.64. The van der Waals surface area contributed by atoms with Crippen molar-refractivity contribution in [3.63, 3.8) is 0 Å². The number of H-pyrrole nitrogens is 1. The summed E-state index contributed by atoms with van der Waals surface area (Å²) in [6.45, 7) is 1.33.